The van der Waals surface area contributed by atoms with Crippen LogP contribution < -0.4 is 9.96 Å². The van der Waals surface area contributed by atoms with Crippen LogP contribution in [0.4, 0.5) is 11.4 Å². The molecule has 5 nitrogen and oxygen atoms in total. The van der Waals surface area contributed by atoms with Crippen molar-refractivity contribution in [2.75, 3.05) is 9.96 Å². The maximum atomic E-state index is 13.4. The first-order valence-corrected chi connectivity index (χ1v) is 9.65. The highest BCUT2D eigenvalue weighted by Gasteiger charge is 2.60. The zero-order valence-electron chi connectivity index (χ0n) is 15.9. The van der Waals surface area contributed by atoms with Gasteiger partial charge in [0.15, 0.2) is 6.10 Å². The Labute approximate surface area is 169 Å². The number of benzene rings is 3. The van der Waals surface area contributed by atoms with E-state index in [2.05, 4.69) is 0 Å². The molecule has 5 rings (SSSR count). The van der Waals surface area contributed by atoms with Gasteiger partial charge in [-0.15, -0.1) is 0 Å². The lowest BCUT2D eigenvalue weighted by atomic mass is 9.90. The Kier molecular flexibility index (Phi) is 4.18. The molecule has 29 heavy (non-hydrogen) atoms. The molecule has 0 aliphatic carbocycles. The molecule has 3 atom stereocenters. The molecule has 0 spiro atoms. The summed E-state index contributed by atoms with van der Waals surface area (Å²) in [7, 11) is 0. The summed E-state index contributed by atoms with van der Waals surface area (Å²) < 4.78 is 0. The third kappa shape index (κ3) is 2.82. The van der Waals surface area contributed by atoms with Crippen LogP contribution in [0.5, 0.6) is 0 Å². The van der Waals surface area contributed by atoms with Crippen LogP contribution in [0.25, 0.3) is 0 Å². The molecule has 0 N–H and O–H groups in total. The zero-order valence-corrected chi connectivity index (χ0v) is 15.9. The standard InChI is InChI=1S/C24H20N2O3/c1-16-12-14-17(15-13-16)21-20-22(29-26(21)19-10-6-3-7-11-19)24(28)25(23(20)27)18-8-4-2-5-9-18/h2-15,20-22H,1H3/t20-,21-,22-/m0/s1. The number of carbonyl (C=O) groups excluding carboxylic acids is 2. The van der Waals surface area contributed by atoms with Gasteiger partial charge >= 0.3 is 0 Å². The Bertz CT molecular complexity index is 1050. The van der Waals surface area contributed by atoms with E-state index in [0.29, 0.717) is 5.69 Å². The van der Waals surface area contributed by atoms with E-state index in [9.17, 15) is 9.59 Å². The number of carbonyl (C=O) groups is 2. The molecule has 0 unspecified atom stereocenters. The van der Waals surface area contributed by atoms with Crippen molar-refractivity contribution in [3.63, 3.8) is 0 Å². The summed E-state index contributed by atoms with van der Waals surface area (Å²) >= 11 is 0. The minimum absolute atomic E-state index is 0.227. The lowest BCUT2D eigenvalue weighted by Crippen LogP contribution is -2.37. The topological polar surface area (TPSA) is 49.9 Å². The fourth-order valence-corrected chi connectivity index (χ4v) is 4.15. The summed E-state index contributed by atoms with van der Waals surface area (Å²) in [4.78, 5) is 34.0. The third-order valence-electron chi connectivity index (χ3n) is 5.56. The van der Waals surface area contributed by atoms with Crippen LogP contribution in [0.1, 0.15) is 17.2 Å². The fraction of sp³-hybridized carbons (Fsp3) is 0.167. The summed E-state index contributed by atoms with van der Waals surface area (Å²) in [6.45, 7) is 2.02. The van der Waals surface area contributed by atoms with Crippen LogP contribution in [0, 0.1) is 12.8 Å². The van der Waals surface area contributed by atoms with Gasteiger partial charge in [0.1, 0.15) is 5.92 Å². The smallest absolute Gasteiger partial charge is 0.266 e. The second kappa shape index (κ2) is 6.87. The van der Waals surface area contributed by atoms with Crippen molar-refractivity contribution in [3.8, 4) is 0 Å². The molecule has 2 heterocycles. The maximum Gasteiger partial charge on any atom is 0.266 e. The van der Waals surface area contributed by atoms with Gasteiger partial charge in [0.05, 0.1) is 17.4 Å². The summed E-state index contributed by atoms with van der Waals surface area (Å²) in [6, 6.07) is 26.3. The van der Waals surface area contributed by atoms with E-state index in [1.807, 2.05) is 79.7 Å². The molecule has 0 aromatic heterocycles. The highest BCUT2D eigenvalue weighted by molar-refractivity contribution is 6.23. The van der Waals surface area contributed by atoms with E-state index < -0.39 is 12.0 Å². The average Bonchev–Trinajstić information content (AvgIpc) is 3.26. The first-order chi connectivity index (χ1) is 14.1. The first kappa shape index (κ1) is 17.6. The van der Waals surface area contributed by atoms with Crippen molar-refractivity contribution in [3.05, 3.63) is 96.1 Å². The van der Waals surface area contributed by atoms with E-state index in [4.69, 9.17) is 4.84 Å². The van der Waals surface area contributed by atoms with Crippen molar-refractivity contribution >= 4 is 23.2 Å². The van der Waals surface area contributed by atoms with Gasteiger partial charge in [-0.1, -0.05) is 66.2 Å². The number of aryl methyl sites for hydroxylation is 1. The molecule has 3 aromatic carbocycles. The molecule has 3 aromatic rings. The predicted octanol–water partition coefficient (Wildman–Crippen LogP) is 4.05. The van der Waals surface area contributed by atoms with Crippen LogP contribution in [0.2, 0.25) is 0 Å². The average molecular weight is 384 g/mol. The van der Waals surface area contributed by atoms with Crippen LogP contribution in [0.15, 0.2) is 84.9 Å². The number of fused-ring (bicyclic) bond motifs is 1. The van der Waals surface area contributed by atoms with Gasteiger partial charge in [0.25, 0.3) is 5.91 Å². The van der Waals surface area contributed by atoms with Crippen molar-refractivity contribution in [2.45, 2.75) is 19.1 Å². The molecule has 2 aliphatic heterocycles. The molecular weight excluding hydrogens is 364 g/mol. The molecule has 144 valence electrons. The van der Waals surface area contributed by atoms with Gasteiger partial charge in [0, 0.05) is 0 Å². The number of hydrogen-bond donors (Lipinski definition) is 0. The minimum Gasteiger partial charge on any atom is -0.273 e. The van der Waals surface area contributed by atoms with Gasteiger partial charge in [-0.3, -0.25) is 14.4 Å². The van der Waals surface area contributed by atoms with Crippen LogP contribution >= 0.6 is 0 Å². The Hall–Kier alpha value is -3.44. The van der Waals surface area contributed by atoms with Crippen molar-refractivity contribution in [2.24, 2.45) is 5.92 Å². The molecule has 5 heteroatoms. The summed E-state index contributed by atoms with van der Waals surface area (Å²) in [5, 5.41) is 1.72. The number of amides is 2. The van der Waals surface area contributed by atoms with Gasteiger partial charge in [-0.2, -0.15) is 0 Å². The van der Waals surface area contributed by atoms with Gasteiger partial charge < -0.3 is 0 Å². The number of para-hydroxylation sites is 2. The van der Waals surface area contributed by atoms with E-state index in [1.54, 1.807) is 17.2 Å². The van der Waals surface area contributed by atoms with Gasteiger partial charge in [-0.05, 0) is 36.8 Å². The molecule has 0 bridgehead atoms. The predicted molar refractivity (Wildman–Crippen MR) is 110 cm³/mol. The van der Waals surface area contributed by atoms with Crippen LogP contribution in [-0.2, 0) is 14.4 Å². The summed E-state index contributed by atoms with van der Waals surface area (Å²) in [5.74, 6) is -1.15. The summed E-state index contributed by atoms with van der Waals surface area (Å²) in [6.07, 6.45) is -0.839. The van der Waals surface area contributed by atoms with E-state index in [0.717, 1.165) is 16.8 Å². The monoisotopic (exact) mass is 384 g/mol. The highest BCUT2D eigenvalue weighted by Crippen LogP contribution is 2.47. The zero-order chi connectivity index (χ0) is 20.0. The minimum atomic E-state index is -0.839. The number of nitrogens with zero attached hydrogens (tertiary/aromatic N) is 2. The Morgan fingerprint density at radius 3 is 1.93 bits per heavy atom. The highest BCUT2D eigenvalue weighted by atomic mass is 16.7. The normalized spacial score (nSPS) is 23.6. The first-order valence-electron chi connectivity index (χ1n) is 9.65. The third-order valence-corrected chi connectivity index (χ3v) is 5.56. The lowest BCUT2D eigenvalue weighted by Gasteiger charge is -2.28. The Morgan fingerprint density at radius 1 is 0.724 bits per heavy atom. The van der Waals surface area contributed by atoms with Crippen LogP contribution in [-0.4, -0.2) is 17.9 Å². The fourth-order valence-electron chi connectivity index (χ4n) is 4.15. The van der Waals surface area contributed by atoms with Crippen molar-refractivity contribution in [1.29, 1.82) is 0 Å². The van der Waals surface area contributed by atoms with Gasteiger partial charge in [-0.25, -0.2) is 9.96 Å². The molecule has 2 aliphatic rings. The molecule has 2 fully saturated rings. The van der Waals surface area contributed by atoms with Gasteiger partial charge in [0.2, 0.25) is 5.91 Å². The molecule has 0 radical (unpaired) electrons. The summed E-state index contributed by atoms with van der Waals surface area (Å²) in [5.41, 5.74) is 3.48. The SMILES string of the molecule is Cc1ccc([C@H]2[C@@H]3C(=O)N(c4ccccc4)C(=O)[C@H]3ON2c2ccccc2)cc1. The van der Waals surface area contributed by atoms with Crippen molar-refractivity contribution in [1.82, 2.24) is 0 Å². The molecule has 0 saturated carbocycles. The Morgan fingerprint density at radius 2 is 1.31 bits per heavy atom. The number of anilines is 2. The number of hydrogen-bond acceptors (Lipinski definition) is 4. The number of hydroxylamine groups is 1. The number of rotatable bonds is 3. The molecule has 2 saturated heterocycles. The van der Waals surface area contributed by atoms with Crippen molar-refractivity contribution < 1.29 is 14.4 Å². The lowest BCUT2D eigenvalue weighted by molar-refractivity contribution is -0.126. The molecular formula is C24H20N2O3. The quantitative estimate of drug-likeness (QED) is 0.640. The largest absolute Gasteiger partial charge is 0.273 e. The van der Waals surface area contributed by atoms with E-state index in [1.165, 1.54) is 4.90 Å². The molecule has 2 amide bonds. The maximum absolute atomic E-state index is 13.4. The van der Waals surface area contributed by atoms with E-state index >= 15 is 0 Å². The number of imide groups is 1. The van der Waals surface area contributed by atoms with E-state index in [-0.39, 0.29) is 17.9 Å². The second-order valence-corrected chi connectivity index (χ2v) is 7.42. The second-order valence-electron chi connectivity index (χ2n) is 7.42. The van der Waals surface area contributed by atoms with Crippen LogP contribution in [0.3, 0.4) is 0 Å². The Balaban J connectivity index is 1.59.